The van der Waals surface area contributed by atoms with Gasteiger partial charge in [0.15, 0.2) is 0 Å². The predicted octanol–water partition coefficient (Wildman–Crippen LogP) is 3.62. The van der Waals surface area contributed by atoms with Gasteiger partial charge in [-0.15, -0.1) is 0 Å². The van der Waals surface area contributed by atoms with Crippen LogP contribution in [0.2, 0.25) is 5.02 Å². The standard InChI is InChI=1S/C25H33ClN4O/c1-28-13-15-30(16-14-28)23-10-8-20(9-11-23)17-27-25(31)22-6-4-12-29(19-22)18-21-5-2-3-7-24(21)26/h2-3,5,7-11,22H,4,6,12-19H2,1H3,(H,27,31)/t22-/m0/s1. The molecule has 2 aliphatic heterocycles. The maximum absolute atomic E-state index is 12.8. The van der Waals surface area contributed by atoms with Crippen molar-refractivity contribution in [3.05, 3.63) is 64.7 Å². The minimum atomic E-state index is 0.0425. The summed E-state index contributed by atoms with van der Waals surface area (Å²) in [6.45, 7) is 7.54. The van der Waals surface area contributed by atoms with E-state index in [0.717, 1.165) is 74.8 Å². The van der Waals surface area contributed by atoms with Gasteiger partial charge in [-0.25, -0.2) is 0 Å². The van der Waals surface area contributed by atoms with Gasteiger partial charge in [-0.2, -0.15) is 0 Å². The van der Waals surface area contributed by atoms with Gasteiger partial charge in [0.25, 0.3) is 0 Å². The summed E-state index contributed by atoms with van der Waals surface area (Å²) in [6.07, 6.45) is 2.00. The fourth-order valence-corrected chi connectivity index (χ4v) is 4.70. The van der Waals surface area contributed by atoms with E-state index in [1.54, 1.807) is 0 Å². The van der Waals surface area contributed by atoms with E-state index in [9.17, 15) is 4.79 Å². The largest absolute Gasteiger partial charge is 0.369 e. The van der Waals surface area contributed by atoms with E-state index in [4.69, 9.17) is 11.6 Å². The molecule has 1 N–H and O–H groups in total. The lowest BCUT2D eigenvalue weighted by atomic mass is 9.96. The van der Waals surface area contributed by atoms with Gasteiger partial charge in [0.2, 0.25) is 5.91 Å². The minimum absolute atomic E-state index is 0.0425. The highest BCUT2D eigenvalue weighted by atomic mass is 35.5. The molecule has 0 bridgehead atoms. The zero-order valence-corrected chi connectivity index (χ0v) is 19.2. The van der Waals surface area contributed by atoms with Crippen LogP contribution in [0.15, 0.2) is 48.5 Å². The van der Waals surface area contributed by atoms with Crippen molar-refractivity contribution in [1.29, 1.82) is 0 Å². The minimum Gasteiger partial charge on any atom is -0.369 e. The average molecular weight is 441 g/mol. The molecule has 0 unspecified atom stereocenters. The molecule has 31 heavy (non-hydrogen) atoms. The predicted molar refractivity (Wildman–Crippen MR) is 127 cm³/mol. The van der Waals surface area contributed by atoms with Crippen LogP contribution in [0.4, 0.5) is 5.69 Å². The van der Waals surface area contributed by atoms with Crippen molar-refractivity contribution in [2.24, 2.45) is 5.92 Å². The lowest BCUT2D eigenvalue weighted by Crippen LogP contribution is -2.44. The number of hydrogen-bond donors (Lipinski definition) is 1. The summed E-state index contributed by atoms with van der Waals surface area (Å²) in [6, 6.07) is 16.6. The number of likely N-dealkylation sites (N-methyl/N-ethyl adjacent to an activating group) is 1. The Balaban J connectivity index is 1.26. The van der Waals surface area contributed by atoms with Crippen LogP contribution >= 0.6 is 11.6 Å². The summed E-state index contributed by atoms with van der Waals surface area (Å²) < 4.78 is 0. The van der Waals surface area contributed by atoms with Gasteiger partial charge >= 0.3 is 0 Å². The number of benzene rings is 2. The van der Waals surface area contributed by atoms with Crippen molar-refractivity contribution in [2.45, 2.75) is 25.9 Å². The van der Waals surface area contributed by atoms with E-state index < -0.39 is 0 Å². The van der Waals surface area contributed by atoms with Crippen LogP contribution in [0.3, 0.4) is 0 Å². The number of nitrogens with one attached hydrogen (secondary N) is 1. The van der Waals surface area contributed by atoms with Crippen LogP contribution in [-0.2, 0) is 17.9 Å². The maximum Gasteiger partial charge on any atom is 0.224 e. The van der Waals surface area contributed by atoms with Gasteiger partial charge in [0, 0.05) is 56.5 Å². The van der Waals surface area contributed by atoms with Gasteiger partial charge in [0.05, 0.1) is 5.92 Å². The zero-order valence-electron chi connectivity index (χ0n) is 18.4. The van der Waals surface area contributed by atoms with Gasteiger partial charge in [0.1, 0.15) is 0 Å². The van der Waals surface area contributed by atoms with Gasteiger partial charge in [-0.05, 0) is 55.8 Å². The molecule has 1 atom stereocenters. The third-order valence-corrected chi connectivity index (χ3v) is 6.87. The second-order valence-electron chi connectivity index (χ2n) is 8.84. The number of likely N-dealkylation sites (tertiary alicyclic amines) is 1. The molecule has 6 heteroatoms. The molecule has 0 spiro atoms. The third-order valence-electron chi connectivity index (χ3n) is 6.50. The van der Waals surface area contributed by atoms with E-state index >= 15 is 0 Å². The van der Waals surface area contributed by atoms with Crippen molar-refractivity contribution in [2.75, 3.05) is 51.2 Å². The summed E-state index contributed by atoms with van der Waals surface area (Å²) >= 11 is 6.32. The van der Waals surface area contributed by atoms with E-state index in [1.807, 2.05) is 18.2 Å². The molecule has 5 nitrogen and oxygen atoms in total. The molecule has 2 aliphatic rings. The molecular formula is C25H33ClN4O. The molecule has 1 amide bonds. The van der Waals surface area contributed by atoms with Crippen molar-refractivity contribution in [3.63, 3.8) is 0 Å². The van der Waals surface area contributed by atoms with E-state index in [0.29, 0.717) is 6.54 Å². The van der Waals surface area contributed by atoms with Gasteiger partial charge in [-0.1, -0.05) is 41.9 Å². The third kappa shape index (κ3) is 6.00. The molecule has 2 heterocycles. The SMILES string of the molecule is CN1CCN(c2ccc(CNC(=O)[C@H]3CCCN(Cc4ccccc4Cl)C3)cc2)CC1. The van der Waals surface area contributed by atoms with Gasteiger partial charge < -0.3 is 15.1 Å². The smallest absolute Gasteiger partial charge is 0.224 e. The Hall–Kier alpha value is -2.08. The number of rotatable bonds is 6. The average Bonchev–Trinajstić information content (AvgIpc) is 2.80. The van der Waals surface area contributed by atoms with Crippen LogP contribution in [0.25, 0.3) is 0 Å². The number of piperazine rings is 1. The van der Waals surface area contributed by atoms with E-state index in [2.05, 4.69) is 57.4 Å². The van der Waals surface area contributed by atoms with Crippen molar-refractivity contribution < 1.29 is 4.79 Å². The highest BCUT2D eigenvalue weighted by molar-refractivity contribution is 6.31. The summed E-state index contributed by atoms with van der Waals surface area (Å²) in [5.41, 5.74) is 3.55. The monoisotopic (exact) mass is 440 g/mol. The van der Waals surface area contributed by atoms with Crippen LogP contribution in [0.1, 0.15) is 24.0 Å². The number of carbonyl (C=O) groups is 1. The molecule has 166 valence electrons. The van der Waals surface area contributed by atoms with Crippen molar-refractivity contribution in [1.82, 2.24) is 15.1 Å². The first-order valence-electron chi connectivity index (χ1n) is 11.3. The van der Waals surface area contributed by atoms with Crippen LogP contribution in [0.5, 0.6) is 0 Å². The number of halogens is 1. The van der Waals surface area contributed by atoms with Crippen molar-refractivity contribution >= 4 is 23.2 Å². The Morgan fingerprint density at radius 1 is 1.03 bits per heavy atom. The molecule has 0 radical (unpaired) electrons. The number of hydrogen-bond acceptors (Lipinski definition) is 4. The molecule has 0 aliphatic carbocycles. The topological polar surface area (TPSA) is 38.8 Å². The highest BCUT2D eigenvalue weighted by Gasteiger charge is 2.26. The highest BCUT2D eigenvalue weighted by Crippen LogP contribution is 2.22. The Bertz CT molecular complexity index is 864. The first-order valence-corrected chi connectivity index (χ1v) is 11.7. The van der Waals surface area contributed by atoms with E-state index in [1.165, 1.54) is 5.69 Å². The van der Waals surface area contributed by atoms with Gasteiger partial charge in [-0.3, -0.25) is 9.69 Å². The van der Waals surface area contributed by atoms with Crippen molar-refractivity contribution in [3.8, 4) is 0 Å². The second-order valence-corrected chi connectivity index (χ2v) is 9.25. The number of nitrogens with zero attached hydrogens (tertiary/aromatic N) is 3. The van der Waals surface area contributed by atoms with E-state index in [-0.39, 0.29) is 11.8 Å². The Labute approximate surface area is 191 Å². The fourth-order valence-electron chi connectivity index (χ4n) is 4.50. The van der Waals surface area contributed by atoms with Crippen LogP contribution < -0.4 is 10.2 Å². The molecule has 4 rings (SSSR count). The number of anilines is 1. The molecule has 2 saturated heterocycles. The summed E-state index contributed by atoms with van der Waals surface area (Å²) in [4.78, 5) is 19.9. The number of amides is 1. The van der Waals surface area contributed by atoms with Crippen LogP contribution in [-0.4, -0.2) is 62.0 Å². The number of carbonyl (C=O) groups excluding carboxylic acids is 1. The lowest BCUT2D eigenvalue weighted by Gasteiger charge is -2.34. The summed E-state index contributed by atoms with van der Waals surface area (Å²) in [7, 11) is 2.17. The first kappa shape index (κ1) is 22.1. The quantitative estimate of drug-likeness (QED) is 0.744. The molecule has 0 aromatic heterocycles. The summed E-state index contributed by atoms with van der Waals surface area (Å²) in [5.74, 6) is 0.202. The molecule has 2 aromatic rings. The molecule has 0 saturated carbocycles. The summed E-state index contributed by atoms with van der Waals surface area (Å²) in [5, 5.41) is 3.96. The maximum atomic E-state index is 12.8. The normalized spacial score (nSPS) is 20.6. The molecule has 2 aromatic carbocycles. The second kappa shape index (κ2) is 10.5. The zero-order chi connectivity index (χ0) is 21.6. The lowest BCUT2D eigenvalue weighted by molar-refractivity contribution is -0.126. The Kier molecular flexibility index (Phi) is 7.49. The molecule has 2 fully saturated rings. The fraction of sp³-hybridized carbons (Fsp3) is 0.480. The van der Waals surface area contributed by atoms with Crippen LogP contribution in [0, 0.1) is 5.92 Å². The Morgan fingerprint density at radius 2 is 1.77 bits per heavy atom. The molecular weight excluding hydrogens is 408 g/mol. The Morgan fingerprint density at radius 3 is 2.52 bits per heavy atom. The number of piperidine rings is 1. The first-order chi connectivity index (χ1) is 15.1.